The number of carboxylic acids is 1. The molecular formula is C17H18N2O3. The van der Waals surface area contributed by atoms with Crippen LogP contribution in [0, 0.1) is 6.92 Å². The zero-order valence-electron chi connectivity index (χ0n) is 12.7. The van der Waals surface area contributed by atoms with E-state index in [1.807, 2.05) is 25.3 Å². The third kappa shape index (κ3) is 2.55. The van der Waals surface area contributed by atoms with E-state index >= 15 is 0 Å². The van der Waals surface area contributed by atoms with Gasteiger partial charge in [-0.15, -0.1) is 0 Å². The Morgan fingerprint density at radius 2 is 2.18 bits per heavy atom. The summed E-state index contributed by atoms with van der Waals surface area (Å²) in [6.07, 6.45) is 3.55. The van der Waals surface area contributed by atoms with Crippen LogP contribution in [0.25, 0.3) is 0 Å². The van der Waals surface area contributed by atoms with Crippen LogP contribution in [0.4, 0.5) is 0 Å². The van der Waals surface area contributed by atoms with E-state index < -0.39 is 5.97 Å². The summed E-state index contributed by atoms with van der Waals surface area (Å²) in [7, 11) is 1.64. The Bertz CT molecular complexity index is 728. The number of pyridine rings is 1. The van der Waals surface area contributed by atoms with Gasteiger partial charge < -0.3 is 9.84 Å². The van der Waals surface area contributed by atoms with Crippen LogP contribution in [0.5, 0.6) is 5.75 Å². The average molecular weight is 298 g/mol. The van der Waals surface area contributed by atoms with Gasteiger partial charge in [-0.2, -0.15) is 0 Å². The molecule has 0 spiro atoms. The number of benzene rings is 1. The largest absolute Gasteiger partial charge is 0.495 e. The molecule has 1 aliphatic rings. The molecule has 1 aromatic carbocycles. The number of nitrogens with zero attached hydrogens (tertiary/aromatic N) is 2. The van der Waals surface area contributed by atoms with Crippen LogP contribution in [0.2, 0.25) is 0 Å². The van der Waals surface area contributed by atoms with Crippen molar-refractivity contribution in [2.45, 2.75) is 26.6 Å². The van der Waals surface area contributed by atoms with Crippen LogP contribution in [0.1, 0.15) is 32.6 Å². The van der Waals surface area contributed by atoms with Gasteiger partial charge in [-0.3, -0.25) is 9.88 Å². The third-order valence-electron chi connectivity index (χ3n) is 4.17. The Balaban J connectivity index is 1.83. The molecule has 0 bridgehead atoms. The van der Waals surface area contributed by atoms with E-state index in [-0.39, 0.29) is 0 Å². The molecule has 0 unspecified atom stereocenters. The normalized spacial score (nSPS) is 13.9. The van der Waals surface area contributed by atoms with Crippen molar-refractivity contribution >= 4 is 5.97 Å². The summed E-state index contributed by atoms with van der Waals surface area (Å²) in [4.78, 5) is 17.7. The van der Waals surface area contributed by atoms with E-state index in [2.05, 4.69) is 9.88 Å². The van der Waals surface area contributed by atoms with Crippen molar-refractivity contribution in [1.82, 2.24) is 9.88 Å². The SMILES string of the molecule is COc1cncc(CN2Cc3cccc(C(=O)O)c3C2)c1C. The highest BCUT2D eigenvalue weighted by Gasteiger charge is 2.24. The molecule has 2 aromatic rings. The number of methoxy groups -OCH3 is 1. The monoisotopic (exact) mass is 298 g/mol. The predicted molar refractivity (Wildman–Crippen MR) is 81.9 cm³/mol. The fraction of sp³-hybridized carbons (Fsp3) is 0.294. The highest BCUT2D eigenvalue weighted by Crippen LogP contribution is 2.29. The highest BCUT2D eigenvalue weighted by molar-refractivity contribution is 5.90. The summed E-state index contributed by atoms with van der Waals surface area (Å²) in [5, 5.41) is 9.29. The number of fused-ring (bicyclic) bond motifs is 1. The van der Waals surface area contributed by atoms with Crippen molar-refractivity contribution in [2.24, 2.45) is 0 Å². The van der Waals surface area contributed by atoms with Gasteiger partial charge in [-0.1, -0.05) is 12.1 Å². The van der Waals surface area contributed by atoms with Gasteiger partial charge in [0.25, 0.3) is 0 Å². The summed E-state index contributed by atoms with van der Waals surface area (Å²) in [6.45, 7) is 4.15. The summed E-state index contributed by atoms with van der Waals surface area (Å²) in [6, 6.07) is 5.48. The number of aromatic carboxylic acids is 1. The lowest BCUT2D eigenvalue weighted by Gasteiger charge is -2.17. The van der Waals surface area contributed by atoms with E-state index in [4.69, 9.17) is 4.74 Å². The minimum atomic E-state index is -0.863. The van der Waals surface area contributed by atoms with Crippen molar-refractivity contribution in [1.29, 1.82) is 0 Å². The van der Waals surface area contributed by atoms with Gasteiger partial charge in [0.15, 0.2) is 0 Å². The van der Waals surface area contributed by atoms with Gasteiger partial charge in [0.05, 0.1) is 18.9 Å². The van der Waals surface area contributed by atoms with Crippen LogP contribution >= 0.6 is 0 Å². The van der Waals surface area contributed by atoms with Crippen LogP contribution in [-0.4, -0.2) is 28.1 Å². The lowest BCUT2D eigenvalue weighted by atomic mass is 10.0. The molecule has 0 radical (unpaired) electrons. The number of aromatic nitrogens is 1. The summed E-state index contributed by atoms with van der Waals surface area (Å²) in [5.41, 5.74) is 4.59. The van der Waals surface area contributed by atoms with Crippen molar-refractivity contribution in [3.05, 3.63) is 58.4 Å². The van der Waals surface area contributed by atoms with Crippen LogP contribution in [-0.2, 0) is 19.6 Å². The Hall–Kier alpha value is -2.40. The number of carboxylic acid groups (broad SMARTS) is 1. The molecule has 0 saturated heterocycles. The maximum atomic E-state index is 11.3. The molecule has 0 fully saturated rings. The van der Waals surface area contributed by atoms with Crippen LogP contribution in [0.15, 0.2) is 30.6 Å². The predicted octanol–water partition coefficient (Wildman–Crippen LogP) is 2.61. The van der Waals surface area contributed by atoms with Crippen molar-refractivity contribution in [3.63, 3.8) is 0 Å². The van der Waals surface area contributed by atoms with Crippen molar-refractivity contribution in [2.75, 3.05) is 7.11 Å². The average Bonchev–Trinajstić information content (AvgIpc) is 2.91. The van der Waals surface area contributed by atoms with Gasteiger partial charge in [-0.05, 0) is 35.2 Å². The lowest BCUT2D eigenvalue weighted by Crippen LogP contribution is -2.17. The van der Waals surface area contributed by atoms with E-state index in [9.17, 15) is 9.90 Å². The molecule has 3 rings (SSSR count). The molecule has 0 aliphatic carbocycles. The fourth-order valence-corrected chi connectivity index (χ4v) is 2.96. The molecule has 1 aromatic heterocycles. The zero-order chi connectivity index (χ0) is 15.7. The highest BCUT2D eigenvalue weighted by atomic mass is 16.5. The topological polar surface area (TPSA) is 62.7 Å². The van der Waals surface area contributed by atoms with Gasteiger partial charge in [0.2, 0.25) is 0 Å². The molecule has 0 saturated carbocycles. The molecule has 114 valence electrons. The second-order valence-electron chi connectivity index (χ2n) is 5.52. The lowest BCUT2D eigenvalue weighted by molar-refractivity contribution is 0.0695. The minimum Gasteiger partial charge on any atom is -0.495 e. The first-order chi connectivity index (χ1) is 10.6. The first-order valence-corrected chi connectivity index (χ1v) is 7.14. The molecule has 0 atom stereocenters. The molecule has 1 N–H and O–H groups in total. The second kappa shape index (κ2) is 5.77. The molecule has 5 nitrogen and oxygen atoms in total. The summed E-state index contributed by atoms with van der Waals surface area (Å²) >= 11 is 0. The van der Waals surface area contributed by atoms with E-state index in [0.717, 1.165) is 41.1 Å². The zero-order valence-corrected chi connectivity index (χ0v) is 12.7. The van der Waals surface area contributed by atoms with Crippen molar-refractivity contribution < 1.29 is 14.6 Å². The Kier molecular flexibility index (Phi) is 3.81. The van der Waals surface area contributed by atoms with E-state index in [1.54, 1.807) is 19.4 Å². The van der Waals surface area contributed by atoms with E-state index in [1.165, 1.54) is 0 Å². The van der Waals surface area contributed by atoms with Gasteiger partial charge in [0.1, 0.15) is 5.75 Å². The quantitative estimate of drug-likeness (QED) is 0.940. The minimum absolute atomic E-state index is 0.403. The molecule has 2 heterocycles. The number of hydrogen-bond acceptors (Lipinski definition) is 4. The maximum Gasteiger partial charge on any atom is 0.336 e. The molecule has 1 aliphatic heterocycles. The number of ether oxygens (including phenoxy) is 1. The van der Waals surface area contributed by atoms with Gasteiger partial charge >= 0.3 is 5.97 Å². The molecule has 0 amide bonds. The van der Waals surface area contributed by atoms with E-state index in [0.29, 0.717) is 12.1 Å². The second-order valence-corrected chi connectivity index (χ2v) is 5.52. The van der Waals surface area contributed by atoms with Crippen LogP contribution < -0.4 is 4.74 Å². The third-order valence-corrected chi connectivity index (χ3v) is 4.17. The first kappa shape index (κ1) is 14.5. The van der Waals surface area contributed by atoms with Gasteiger partial charge in [0, 0.05) is 25.8 Å². The maximum absolute atomic E-state index is 11.3. The van der Waals surface area contributed by atoms with Gasteiger partial charge in [-0.25, -0.2) is 4.79 Å². The molecule has 5 heteroatoms. The van der Waals surface area contributed by atoms with Crippen molar-refractivity contribution in [3.8, 4) is 5.75 Å². The smallest absolute Gasteiger partial charge is 0.336 e. The standard InChI is InChI=1S/C17H18N2O3/c1-11-13(6-18-7-16(11)22-2)9-19-8-12-4-3-5-14(17(20)21)15(12)10-19/h3-7H,8-10H2,1-2H3,(H,20,21). The molecule has 22 heavy (non-hydrogen) atoms. The number of hydrogen-bond donors (Lipinski definition) is 1. The number of carbonyl (C=O) groups is 1. The molecular weight excluding hydrogens is 280 g/mol. The summed E-state index contributed by atoms with van der Waals surface area (Å²) in [5.74, 6) is -0.0848. The fourth-order valence-electron chi connectivity index (χ4n) is 2.96. The Labute approximate surface area is 129 Å². The van der Waals surface area contributed by atoms with Crippen LogP contribution in [0.3, 0.4) is 0 Å². The Morgan fingerprint density at radius 1 is 1.36 bits per heavy atom. The summed E-state index contributed by atoms with van der Waals surface area (Å²) < 4.78 is 5.30. The number of rotatable bonds is 4. The first-order valence-electron chi connectivity index (χ1n) is 7.14. The Morgan fingerprint density at radius 3 is 2.91 bits per heavy atom.